The van der Waals surface area contributed by atoms with Gasteiger partial charge in [-0.25, -0.2) is 4.39 Å². The van der Waals surface area contributed by atoms with Gasteiger partial charge in [0.05, 0.1) is 0 Å². The predicted molar refractivity (Wildman–Crippen MR) is 74.6 cm³/mol. The van der Waals surface area contributed by atoms with Gasteiger partial charge in [0.1, 0.15) is 17.7 Å². The number of halogens is 1. The van der Waals surface area contributed by atoms with Gasteiger partial charge in [-0.15, -0.1) is 0 Å². The van der Waals surface area contributed by atoms with Crippen LogP contribution in [0.5, 0.6) is 5.75 Å². The highest BCUT2D eigenvalue weighted by atomic mass is 19.1. The summed E-state index contributed by atoms with van der Waals surface area (Å²) in [5.74, 6) is 0.398. The van der Waals surface area contributed by atoms with Gasteiger partial charge >= 0.3 is 0 Å². The van der Waals surface area contributed by atoms with Crippen LogP contribution in [0, 0.1) is 12.7 Å². The van der Waals surface area contributed by atoms with Crippen molar-refractivity contribution in [3.05, 3.63) is 65.5 Å². The number of hydrogen-bond donors (Lipinski definition) is 1. The minimum Gasteiger partial charge on any atom is -0.484 e. The van der Waals surface area contributed by atoms with E-state index in [0.717, 1.165) is 11.1 Å². The summed E-state index contributed by atoms with van der Waals surface area (Å²) in [6.45, 7) is 3.72. The van der Waals surface area contributed by atoms with E-state index in [1.54, 1.807) is 6.07 Å². The van der Waals surface area contributed by atoms with Crippen molar-refractivity contribution in [3.63, 3.8) is 0 Å². The zero-order chi connectivity index (χ0) is 13.8. The highest BCUT2D eigenvalue weighted by Crippen LogP contribution is 2.27. The van der Waals surface area contributed by atoms with E-state index in [2.05, 4.69) is 0 Å². The molecule has 0 aliphatic rings. The second-order valence-corrected chi connectivity index (χ2v) is 4.72. The quantitative estimate of drug-likeness (QED) is 0.910. The normalized spacial score (nSPS) is 13.9. The van der Waals surface area contributed by atoms with Gasteiger partial charge in [-0.1, -0.05) is 30.3 Å². The van der Waals surface area contributed by atoms with Crippen LogP contribution in [0.1, 0.15) is 24.2 Å². The molecule has 0 aliphatic carbocycles. The highest BCUT2D eigenvalue weighted by Gasteiger charge is 2.18. The Balaban J connectivity index is 2.27. The van der Waals surface area contributed by atoms with Gasteiger partial charge in [0.2, 0.25) is 0 Å². The molecule has 0 heterocycles. The van der Waals surface area contributed by atoms with E-state index in [9.17, 15) is 4.39 Å². The fraction of sp³-hybridized carbons (Fsp3) is 0.250. The monoisotopic (exact) mass is 259 g/mol. The lowest BCUT2D eigenvalue weighted by molar-refractivity contribution is 0.179. The van der Waals surface area contributed by atoms with Gasteiger partial charge in [-0.2, -0.15) is 0 Å². The molecule has 3 heteroatoms. The lowest BCUT2D eigenvalue weighted by Gasteiger charge is -2.24. The van der Waals surface area contributed by atoms with Gasteiger partial charge < -0.3 is 10.5 Å². The first kappa shape index (κ1) is 13.6. The molecule has 0 amide bonds. The van der Waals surface area contributed by atoms with Crippen molar-refractivity contribution in [1.29, 1.82) is 0 Å². The van der Waals surface area contributed by atoms with E-state index in [4.69, 9.17) is 10.5 Å². The topological polar surface area (TPSA) is 35.2 Å². The van der Waals surface area contributed by atoms with Crippen LogP contribution in [-0.2, 0) is 0 Å². The van der Waals surface area contributed by atoms with Crippen molar-refractivity contribution in [3.8, 4) is 5.75 Å². The number of benzene rings is 2. The fourth-order valence-electron chi connectivity index (χ4n) is 2.00. The summed E-state index contributed by atoms with van der Waals surface area (Å²) in [6.07, 6.45) is -0.245. The first-order chi connectivity index (χ1) is 9.08. The Hall–Kier alpha value is -1.87. The van der Waals surface area contributed by atoms with E-state index < -0.39 is 0 Å². The van der Waals surface area contributed by atoms with E-state index in [-0.39, 0.29) is 18.0 Å². The van der Waals surface area contributed by atoms with Gasteiger partial charge in [0, 0.05) is 6.04 Å². The summed E-state index contributed by atoms with van der Waals surface area (Å²) in [5, 5.41) is 0. The fourth-order valence-corrected chi connectivity index (χ4v) is 2.00. The number of ether oxygens (including phenoxy) is 1. The maximum Gasteiger partial charge on any atom is 0.138 e. The molecule has 0 radical (unpaired) electrons. The molecule has 0 aromatic heterocycles. The summed E-state index contributed by atoms with van der Waals surface area (Å²) in [4.78, 5) is 0. The first-order valence-electron chi connectivity index (χ1n) is 6.31. The second-order valence-electron chi connectivity index (χ2n) is 4.72. The Morgan fingerprint density at radius 1 is 1.11 bits per heavy atom. The molecule has 2 unspecified atom stereocenters. The Morgan fingerprint density at radius 2 is 1.79 bits per heavy atom. The minimum absolute atomic E-state index is 0.160. The molecule has 100 valence electrons. The molecule has 0 fully saturated rings. The Bertz CT molecular complexity index is 540. The van der Waals surface area contributed by atoms with Crippen LogP contribution in [0.2, 0.25) is 0 Å². The number of nitrogens with two attached hydrogens (primary N) is 1. The summed E-state index contributed by atoms with van der Waals surface area (Å²) in [6, 6.07) is 14.1. The zero-order valence-corrected chi connectivity index (χ0v) is 11.1. The Labute approximate surface area is 113 Å². The summed E-state index contributed by atoms with van der Waals surface area (Å²) in [7, 11) is 0. The van der Waals surface area contributed by atoms with Crippen LogP contribution in [0.3, 0.4) is 0 Å². The molecule has 0 saturated heterocycles. The molecule has 2 nitrogen and oxygen atoms in total. The van der Waals surface area contributed by atoms with E-state index >= 15 is 0 Å². The summed E-state index contributed by atoms with van der Waals surface area (Å²) < 4.78 is 19.0. The lowest BCUT2D eigenvalue weighted by atomic mass is 10.0. The van der Waals surface area contributed by atoms with E-state index in [1.165, 1.54) is 12.1 Å². The van der Waals surface area contributed by atoms with Gasteiger partial charge in [0.15, 0.2) is 0 Å². The lowest BCUT2D eigenvalue weighted by Crippen LogP contribution is -2.29. The predicted octanol–water partition coefficient (Wildman–Crippen LogP) is 3.60. The van der Waals surface area contributed by atoms with Crippen LogP contribution in [0.4, 0.5) is 4.39 Å². The summed E-state index contributed by atoms with van der Waals surface area (Å²) >= 11 is 0. The molecule has 0 bridgehead atoms. The smallest absolute Gasteiger partial charge is 0.138 e. The van der Waals surface area contributed by atoms with Gasteiger partial charge in [-0.05, 0) is 43.2 Å². The van der Waals surface area contributed by atoms with Crippen LogP contribution in [-0.4, -0.2) is 6.04 Å². The third kappa shape index (κ3) is 3.32. The Kier molecular flexibility index (Phi) is 4.17. The maximum absolute atomic E-state index is 13.1. The Morgan fingerprint density at radius 3 is 2.37 bits per heavy atom. The van der Waals surface area contributed by atoms with Gasteiger partial charge in [-0.3, -0.25) is 0 Å². The molecule has 0 aliphatic heterocycles. The van der Waals surface area contributed by atoms with Crippen molar-refractivity contribution in [2.75, 3.05) is 0 Å². The molecule has 2 rings (SSSR count). The third-order valence-corrected chi connectivity index (χ3v) is 3.00. The van der Waals surface area contributed by atoms with Crippen LogP contribution < -0.4 is 10.5 Å². The van der Waals surface area contributed by atoms with Crippen molar-refractivity contribution < 1.29 is 9.13 Å². The highest BCUT2D eigenvalue weighted by molar-refractivity contribution is 5.34. The third-order valence-electron chi connectivity index (χ3n) is 3.00. The molecular weight excluding hydrogens is 241 g/mol. The molecule has 19 heavy (non-hydrogen) atoms. The largest absolute Gasteiger partial charge is 0.484 e. The first-order valence-corrected chi connectivity index (χ1v) is 6.31. The van der Waals surface area contributed by atoms with Gasteiger partial charge in [0.25, 0.3) is 0 Å². The van der Waals surface area contributed by atoms with Crippen molar-refractivity contribution in [1.82, 2.24) is 0 Å². The molecule has 2 atom stereocenters. The molecule has 2 N–H and O–H groups in total. The molecule has 0 spiro atoms. The van der Waals surface area contributed by atoms with Crippen molar-refractivity contribution >= 4 is 0 Å². The average Bonchev–Trinajstić information content (AvgIpc) is 2.38. The maximum atomic E-state index is 13.1. The van der Waals surface area contributed by atoms with Crippen LogP contribution >= 0.6 is 0 Å². The minimum atomic E-state index is -0.262. The number of aryl methyl sites for hydroxylation is 1. The van der Waals surface area contributed by atoms with E-state index in [1.807, 2.05) is 44.2 Å². The zero-order valence-electron chi connectivity index (χ0n) is 11.1. The van der Waals surface area contributed by atoms with Crippen molar-refractivity contribution in [2.24, 2.45) is 5.73 Å². The number of hydrogen-bond acceptors (Lipinski definition) is 2. The molecule has 2 aromatic rings. The van der Waals surface area contributed by atoms with Crippen LogP contribution in [0.15, 0.2) is 48.5 Å². The molecule has 0 saturated carbocycles. The SMILES string of the molecule is Cc1cc(F)ccc1OC(c1ccccc1)C(C)N. The van der Waals surface area contributed by atoms with Crippen LogP contribution in [0.25, 0.3) is 0 Å². The van der Waals surface area contributed by atoms with E-state index in [0.29, 0.717) is 5.75 Å². The second kappa shape index (κ2) is 5.85. The molecule has 2 aromatic carbocycles. The van der Waals surface area contributed by atoms with Crippen molar-refractivity contribution in [2.45, 2.75) is 26.0 Å². The number of rotatable bonds is 4. The summed E-state index contributed by atoms with van der Waals surface area (Å²) in [5.41, 5.74) is 7.78. The average molecular weight is 259 g/mol. The standard InChI is InChI=1S/C16H18FNO/c1-11-10-14(17)8-9-15(11)19-16(12(2)18)13-6-4-3-5-7-13/h3-10,12,16H,18H2,1-2H3. The molecular formula is C16H18FNO.